The molecule has 16 heavy (non-hydrogen) atoms. The normalized spacial score (nSPS) is 17.9. The van der Waals surface area contributed by atoms with E-state index in [1.807, 2.05) is 20.0 Å². The standard InChI is InChI=1S/C13H18FNO/c1-9(15-2)10-6-7-13(12(14)8-10)16-11-4-3-5-11/h6-9,11,15H,3-5H2,1-2H3. The Kier molecular flexibility index (Phi) is 3.44. The van der Waals surface area contributed by atoms with Crippen molar-refractivity contribution in [3.63, 3.8) is 0 Å². The summed E-state index contributed by atoms with van der Waals surface area (Å²) in [6, 6.07) is 5.36. The second-order valence-electron chi connectivity index (χ2n) is 4.37. The van der Waals surface area contributed by atoms with Crippen LogP contribution in [-0.4, -0.2) is 13.2 Å². The molecule has 1 aromatic rings. The van der Waals surface area contributed by atoms with Crippen LogP contribution in [0.4, 0.5) is 4.39 Å². The zero-order chi connectivity index (χ0) is 11.5. The van der Waals surface area contributed by atoms with Crippen molar-refractivity contribution in [2.24, 2.45) is 0 Å². The molecular weight excluding hydrogens is 205 g/mol. The fourth-order valence-electron chi connectivity index (χ4n) is 1.72. The highest BCUT2D eigenvalue weighted by Gasteiger charge is 2.20. The highest BCUT2D eigenvalue weighted by Crippen LogP contribution is 2.28. The van der Waals surface area contributed by atoms with Gasteiger partial charge in [0.2, 0.25) is 0 Å². The fourth-order valence-corrected chi connectivity index (χ4v) is 1.72. The van der Waals surface area contributed by atoms with Crippen molar-refractivity contribution in [3.05, 3.63) is 29.6 Å². The Morgan fingerprint density at radius 1 is 1.44 bits per heavy atom. The highest BCUT2D eigenvalue weighted by molar-refractivity contribution is 5.31. The van der Waals surface area contributed by atoms with Gasteiger partial charge in [-0.15, -0.1) is 0 Å². The van der Waals surface area contributed by atoms with Crippen LogP contribution in [0.15, 0.2) is 18.2 Å². The van der Waals surface area contributed by atoms with Crippen molar-refractivity contribution in [1.29, 1.82) is 0 Å². The molecule has 1 aromatic carbocycles. The van der Waals surface area contributed by atoms with E-state index in [1.54, 1.807) is 12.1 Å². The van der Waals surface area contributed by atoms with Crippen molar-refractivity contribution >= 4 is 0 Å². The number of nitrogens with one attached hydrogen (secondary N) is 1. The maximum atomic E-state index is 13.7. The van der Waals surface area contributed by atoms with Crippen LogP contribution < -0.4 is 10.1 Å². The van der Waals surface area contributed by atoms with Crippen molar-refractivity contribution in [2.75, 3.05) is 7.05 Å². The summed E-state index contributed by atoms with van der Waals surface area (Å²) in [6.07, 6.45) is 3.52. The lowest BCUT2D eigenvalue weighted by atomic mass is 9.96. The Morgan fingerprint density at radius 2 is 2.19 bits per heavy atom. The molecule has 1 unspecified atom stereocenters. The van der Waals surface area contributed by atoms with Crippen LogP contribution in [-0.2, 0) is 0 Å². The molecule has 0 saturated heterocycles. The topological polar surface area (TPSA) is 21.3 Å². The number of hydrogen-bond donors (Lipinski definition) is 1. The predicted molar refractivity (Wildman–Crippen MR) is 62.1 cm³/mol. The Labute approximate surface area is 95.8 Å². The van der Waals surface area contributed by atoms with Crippen LogP contribution in [0.25, 0.3) is 0 Å². The van der Waals surface area contributed by atoms with Gasteiger partial charge in [-0.05, 0) is 50.9 Å². The Morgan fingerprint density at radius 3 is 2.69 bits per heavy atom. The third-order valence-corrected chi connectivity index (χ3v) is 3.23. The third kappa shape index (κ3) is 2.35. The van der Waals surface area contributed by atoms with Crippen LogP contribution in [0.5, 0.6) is 5.75 Å². The molecule has 1 saturated carbocycles. The molecule has 2 nitrogen and oxygen atoms in total. The lowest BCUT2D eigenvalue weighted by Crippen LogP contribution is -2.25. The molecule has 0 radical (unpaired) electrons. The monoisotopic (exact) mass is 223 g/mol. The summed E-state index contributed by atoms with van der Waals surface area (Å²) < 4.78 is 19.3. The molecule has 3 heteroatoms. The van der Waals surface area contributed by atoms with Gasteiger partial charge in [0.1, 0.15) is 0 Å². The maximum Gasteiger partial charge on any atom is 0.165 e. The summed E-state index contributed by atoms with van der Waals surface area (Å²) in [5, 5.41) is 3.08. The average molecular weight is 223 g/mol. The van der Waals surface area contributed by atoms with Gasteiger partial charge in [0, 0.05) is 6.04 Å². The smallest absolute Gasteiger partial charge is 0.165 e. The molecule has 1 atom stereocenters. The number of benzene rings is 1. The molecule has 1 aliphatic carbocycles. The maximum absolute atomic E-state index is 13.7. The SMILES string of the molecule is CNC(C)c1ccc(OC2CCC2)c(F)c1. The van der Waals surface area contributed by atoms with E-state index in [0.717, 1.165) is 18.4 Å². The zero-order valence-electron chi connectivity index (χ0n) is 9.79. The van der Waals surface area contributed by atoms with E-state index in [2.05, 4.69) is 5.32 Å². The van der Waals surface area contributed by atoms with Gasteiger partial charge in [0.15, 0.2) is 11.6 Å². The second kappa shape index (κ2) is 4.83. The fraction of sp³-hybridized carbons (Fsp3) is 0.538. The molecule has 1 fully saturated rings. The first-order valence-electron chi connectivity index (χ1n) is 5.84. The van der Waals surface area contributed by atoms with E-state index >= 15 is 0 Å². The van der Waals surface area contributed by atoms with Crippen molar-refractivity contribution < 1.29 is 9.13 Å². The van der Waals surface area contributed by atoms with Crippen molar-refractivity contribution in [2.45, 2.75) is 38.3 Å². The number of ether oxygens (including phenoxy) is 1. The minimum absolute atomic E-state index is 0.159. The highest BCUT2D eigenvalue weighted by atomic mass is 19.1. The van der Waals surface area contributed by atoms with E-state index in [9.17, 15) is 4.39 Å². The first kappa shape index (κ1) is 11.4. The summed E-state index contributed by atoms with van der Waals surface area (Å²) >= 11 is 0. The second-order valence-corrected chi connectivity index (χ2v) is 4.37. The first-order valence-corrected chi connectivity index (χ1v) is 5.84. The molecule has 0 amide bonds. The zero-order valence-corrected chi connectivity index (χ0v) is 9.79. The molecule has 0 bridgehead atoms. The Hall–Kier alpha value is -1.09. The van der Waals surface area contributed by atoms with Crippen LogP contribution in [0, 0.1) is 5.82 Å². The lowest BCUT2D eigenvalue weighted by Gasteiger charge is -2.26. The minimum Gasteiger partial charge on any atom is -0.487 e. The summed E-state index contributed by atoms with van der Waals surface area (Å²) in [4.78, 5) is 0. The van der Waals surface area contributed by atoms with Gasteiger partial charge in [0.05, 0.1) is 6.10 Å². The van der Waals surface area contributed by atoms with Crippen LogP contribution in [0.2, 0.25) is 0 Å². The van der Waals surface area contributed by atoms with Gasteiger partial charge >= 0.3 is 0 Å². The van der Waals surface area contributed by atoms with E-state index in [-0.39, 0.29) is 18.0 Å². The first-order chi connectivity index (χ1) is 7.70. The largest absolute Gasteiger partial charge is 0.487 e. The van der Waals surface area contributed by atoms with E-state index in [4.69, 9.17) is 4.74 Å². The molecular formula is C13H18FNO. The van der Waals surface area contributed by atoms with Gasteiger partial charge < -0.3 is 10.1 Å². The molecule has 88 valence electrons. The van der Waals surface area contributed by atoms with Gasteiger partial charge in [-0.1, -0.05) is 6.07 Å². The van der Waals surface area contributed by atoms with Gasteiger partial charge in [-0.25, -0.2) is 4.39 Å². The minimum atomic E-state index is -0.258. The Balaban J connectivity index is 2.09. The molecule has 2 rings (SSSR count). The Bertz CT molecular complexity index is 363. The average Bonchev–Trinajstić information content (AvgIpc) is 2.23. The molecule has 1 aliphatic rings. The third-order valence-electron chi connectivity index (χ3n) is 3.23. The lowest BCUT2D eigenvalue weighted by molar-refractivity contribution is 0.115. The molecule has 0 spiro atoms. The van der Waals surface area contributed by atoms with E-state index in [0.29, 0.717) is 5.75 Å². The summed E-state index contributed by atoms with van der Waals surface area (Å²) in [7, 11) is 1.86. The van der Waals surface area contributed by atoms with Crippen LogP contribution in [0.3, 0.4) is 0 Å². The molecule has 0 heterocycles. The van der Waals surface area contributed by atoms with Crippen LogP contribution >= 0.6 is 0 Å². The van der Waals surface area contributed by atoms with Crippen molar-refractivity contribution in [1.82, 2.24) is 5.32 Å². The van der Waals surface area contributed by atoms with Crippen molar-refractivity contribution in [3.8, 4) is 5.75 Å². The summed E-state index contributed by atoms with van der Waals surface area (Å²) in [5.41, 5.74) is 0.945. The van der Waals surface area contributed by atoms with Crippen LogP contribution in [0.1, 0.15) is 37.8 Å². The van der Waals surface area contributed by atoms with Gasteiger partial charge in [-0.2, -0.15) is 0 Å². The van der Waals surface area contributed by atoms with E-state index < -0.39 is 0 Å². The summed E-state index contributed by atoms with van der Waals surface area (Å²) in [6.45, 7) is 2.00. The van der Waals surface area contributed by atoms with E-state index in [1.165, 1.54) is 6.42 Å². The molecule has 0 aromatic heterocycles. The van der Waals surface area contributed by atoms with Gasteiger partial charge in [0.25, 0.3) is 0 Å². The number of rotatable bonds is 4. The van der Waals surface area contributed by atoms with Gasteiger partial charge in [-0.3, -0.25) is 0 Å². The molecule has 1 N–H and O–H groups in total. The molecule has 0 aliphatic heterocycles. The predicted octanol–water partition coefficient (Wildman–Crippen LogP) is 3.04. The summed E-state index contributed by atoms with van der Waals surface area (Å²) in [5.74, 6) is 0.128. The number of hydrogen-bond acceptors (Lipinski definition) is 2. The quantitative estimate of drug-likeness (QED) is 0.847. The number of halogens is 1.